The molecule has 0 amide bonds. The fourth-order valence-corrected chi connectivity index (χ4v) is 2.91. The van der Waals surface area contributed by atoms with Crippen LogP contribution in [0.5, 0.6) is 0 Å². The van der Waals surface area contributed by atoms with Gasteiger partial charge in [0.2, 0.25) is 0 Å². The van der Waals surface area contributed by atoms with Crippen molar-refractivity contribution in [2.75, 3.05) is 0 Å². The van der Waals surface area contributed by atoms with Gasteiger partial charge < -0.3 is 0 Å². The Balaban J connectivity index is 2.08. The molecule has 0 radical (unpaired) electrons. The van der Waals surface area contributed by atoms with E-state index in [9.17, 15) is 0 Å². The van der Waals surface area contributed by atoms with Gasteiger partial charge in [0.15, 0.2) is 0 Å². The van der Waals surface area contributed by atoms with Crippen LogP contribution in [0.25, 0.3) is 10.8 Å². The first-order chi connectivity index (χ1) is 8.63. The number of hydrazine groups is 1. The first-order valence-electron chi connectivity index (χ1n) is 6.42. The third-order valence-corrected chi connectivity index (χ3v) is 4.22. The lowest BCUT2D eigenvalue weighted by atomic mass is 9.94. The maximum Gasteiger partial charge on any atom is 0.0500 e. The van der Waals surface area contributed by atoms with Crippen molar-refractivity contribution in [3.63, 3.8) is 0 Å². The second-order valence-corrected chi connectivity index (χ2v) is 5.89. The Hall–Kier alpha value is -1.45. The van der Waals surface area contributed by atoms with Gasteiger partial charge in [-0.05, 0) is 34.8 Å². The van der Waals surface area contributed by atoms with E-state index in [2.05, 4.69) is 42.5 Å². The number of hydrogen-bond acceptors (Lipinski definition) is 3. The molecule has 1 fully saturated rings. The zero-order chi connectivity index (χ0) is 12.8. The van der Waals surface area contributed by atoms with Crippen LogP contribution >= 0.6 is 0 Å². The molecular formula is C15H19N3. The normalized spacial score (nSPS) is 22.9. The molecule has 1 aliphatic rings. The van der Waals surface area contributed by atoms with Crippen LogP contribution in [0.3, 0.4) is 0 Å². The standard InChI is InChI=1S/C15H19N3/c1-15(2)8-13(15)14(18-16)11-5-3-4-10-6-7-17-9-12(10)11/h3-7,9,13-14,18H,8,16H2,1-2H3. The molecule has 1 aromatic carbocycles. The number of nitrogens with two attached hydrogens (primary N) is 1. The quantitative estimate of drug-likeness (QED) is 0.641. The van der Waals surface area contributed by atoms with Crippen LogP contribution in [-0.4, -0.2) is 4.98 Å². The predicted molar refractivity (Wildman–Crippen MR) is 73.7 cm³/mol. The van der Waals surface area contributed by atoms with Crippen LogP contribution in [0.4, 0.5) is 0 Å². The lowest BCUT2D eigenvalue weighted by molar-refractivity contribution is 0.425. The van der Waals surface area contributed by atoms with E-state index in [4.69, 9.17) is 5.84 Å². The molecule has 2 atom stereocenters. The fraction of sp³-hybridized carbons (Fsp3) is 0.400. The lowest BCUT2D eigenvalue weighted by Gasteiger charge is -2.20. The van der Waals surface area contributed by atoms with E-state index in [-0.39, 0.29) is 6.04 Å². The Morgan fingerprint density at radius 3 is 2.83 bits per heavy atom. The summed E-state index contributed by atoms with van der Waals surface area (Å²) in [4.78, 5) is 4.24. The zero-order valence-corrected chi connectivity index (χ0v) is 10.9. The minimum absolute atomic E-state index is 0.216. The van der Waals surface area contributed by atoms with E-state index in [0.29, 0.717) is 11.3 Å². The Morgan fingerprint density at radius 1 is 1.39 bits per heavy atom. The minimum Gasteiger partial charge on any atom is -0.271 e. The monoisotopic (exact) mass is 241 g/mol. The molecule has 1 aromatic heterocycles. The molecule has 2 unspecified atom stereocenters. The zero-order valence-electron chi connectivity index (χ0n) is 10.9. The van der Waals surface area contributed by atoms with E-state index in [1.165, 1.54) is 22.8 Å². The van der Waals surface area contributed by atoms with E-state index in [1.807, 2.05) is 18.5 Å². The molecule has 3 nitrogen and oxygen atoms in total. The molecule has 3 N–H and O–H groups in total. The maximum absolute atomic E-state index is 5.79. The van der Waals surface area contributed by atoms with Crippen molar-refractivity contribution in [1.29, 1.82) is 0 Å². The molecule has 2 aromatic rings. The van der Waals surface area contributed by atoms with Gasteiger partial charge in [-0.1, -0.05) is 32.0 Å². The van der Waals surface area contributed by atoms with Crippen LogP contribution in [0.2, 0.25) is 0 Å². The highest BCUT2D eigenvalue weighted by Crippen LogP contribution is 2.57. The Morgan fingerprint density at radius 2 is 2.17 bits per heavy atom. The van der Waals surface area contributed by atoms with Crippen molar-refractivity contribution in [3.8, 4) is 0 Å². The molecule has 0 saturated heterocycles. The molecular weight excluding hydrogens is 222 g/mol. The molecule has 1 saturated carbocycles. The summed E-state index contributed by atoms with van der Waals surface area (Å²) >= 11 is 0. The summed E-state index contributed by atoms with van der Waals surface area (Å²) in [5, 5.41) is 2.42. The largest absolute Gasteiger partial charge is 0.271 e. The van der Waals surface area contributed by atoms with Crippen LogP contribution < -0.4 is 11.3 Å². The minimum atomic E-state index is 0.216. The van der Waals surface area contributed by atoms with Gasteiger partial charge >= 0.3 is 0 Å². The number of hydrogen-bond donors (Lipinski definition) is 2. The first kappa shape index (κ1) is 11.6. The molecule has 0 aliphatic heterocycles. The molecule has 3 heteroatoms. The van der Waals surface area contributed by atoms with E-state index >= 15 is 0 Å². The van der Waals surface area contributed by atoms with Gasteiger partial charge in [0.25, 0.3) is 0 Å². The maximum atomic E-state index is 5.79. The summed E-state index contributed by atoms with van der Waals surface area (Å²) in [6.07, 6.45) is 4.99. The van der Waals surface area contributed by atoms with Crippen molar-refractivity contribution in [3.05, 3.63) is 42.2 Å². The molecule has 1 aliphatic carbocycles. The van der Waals surface area contributed by atoms with Gasteiger partial charge in [-0.15, -0.1) is 0 Å². The van der Waals surface area contributed by atoms with Crippen molar-refractivity contribution in [2.24, 2.45) is 17.2 Å². The van der Waals surface area contributed by atoms with Crippen molar-refractivity contribution >= 4 is 10.8 Å². The highest BCUT2D eigenvalue weighted by molar-refractivity contribution is 5.85. The lowest BCUT2D eigenvalue weighted by Crippen LogP contribution is -2.30. The SMILES string of the molecule is CC1(C)CC1C(NN)c1cccc2ccncc12. The average molecular weight is 241 g/mol. The van der Waals surface area contributed by atoms with E-state index < -0.39 is 0 Å². The predicted octanol–water partition coefficient (Wildman–Crippen LogP) is 2.79. The molecule has 94 valence electrons. The number of fused-ring (bicyclic) bond motifs is 1. The Bertz CT molecular complexity index is 571. The molecule has 0 bridgehead atoms. The van der Waals surface area contributed by atoms with Gasteiger partial charge in [-0.3, -0.25) is 16.3 Å². The summed E-state index contributed by atoms with van der Waals surface area (Å²) in [5.41, 5.74) is 4.65. The average Bonchev–Trinajstić information content (AvgIpc) is 2.99. The van der Waals surface area contributed by atoms with Gasteiger partial charge in [0, 0.05) is 23.8 Å². The van der Waals surface area contributed by atoms with Crippen LogP contribution in [0, 0.1) is 11.3 Å². The highest BCUT2D eigenvalue weighted by Gasteiger charge is 2.50. The van der Waals surface area contributed by atoms with Crippen LogP contribution in [-0.2, 0) is 0 Å². The molecule has 0 spiro atoms. The summed E-state index contributed by atoms with van der Waals surface area (Å²) in [6.45, 7) is 4.59. The number of nitrogens with one attached hydrogen (secondary N) is 1. The van der Waals surface area contributed by atoms with Crippen molar-refractivity contribution < 1.29 is 0 Å². The number of nitrogens with zero attached hydrogens (tertiary/aromatic N) is 1. The number of benzene rings is 1. The summed E-state index contributed by atoms with van der Waals surface area (Å²) in [6, 6.07) is 8.63. The van der Waals surface area contributed by atoms with Crippen LogP contribution in [0.1, 0.15) is 31.9 Å². The van der Waals surface area contributed by atoms with E-state index in [1.54, 1.807) is 0 Å². The summed E-state index contributed by atoms with van der Waals surface area (Å²) < 4.78 is 0. The van der Waals surface area contributed by atoms with Crippen molar-refractivity contribution in [2.45, 2.75) is 26.3 Å². The topological polar surface area (TPSA) is 50.9 Å². The van der Waals surface area contributed by atoms with Crippen LogP contribution in [0.15, 0.2) is 36.7 Å². The third kappa shape index (κ3) is 1.80. The van der Waals surface area contributed by atoms with Crippen molar-refractivity contribution in [1.82, 2.24) is 10.4 Å². The van der Waals surface area contributed by atoms with Gasteiger partial charge in [-0.2, -0.15) is 0 Å². The summed E-state index contributed by atoms with van der Waals surface area (Å²) in [7, 11) is 0. The summed E-state index contributed by atoms with van der Waals surface area (Å²) in [5.74, 6) is 6.39. The molecule has 18 heavy (non-hydrogen) atoms. The van der Waals surface area contributed by atoms with Gasteiger partial charge in [0.05, 0.1) is 0 Å². The first-order valence-corrected chi connectivity index (χ1v) is 6.42. The molecule has 1 heterocycles. The number of aromatic nitrogens is 1. The van der Waals surface area contributed by atoms with Gasteiger partial charge in [0.1, 0.15) is 0 Å². The second kappa shape index (κ2) is 4.04. The smallest absolute Gasteiger partial charge is 0.0500 e. The second-order valence-electron chi connectivity index (χ2n) is 5.89. The highest BCUT2D eigenvalue weighted by atomic mass is 15.2. The Labute approximate surface area is 107 Å². The number of rotatable bonds is 3. The Kier molecular flexibility index (Phi) is 2.61. The number of pyridine rings is 1. The fourth-order valence-electron chi connectivity index (χ4n) is 2.91. The molecule has 3 rings (SSSR count). The third-order valence-electron chi connectivity index (χ3n) is 4.22. The van der Waals surface area contributed by atoms with E-state index in [0.717, 1.165) is 0 Å². The van der Waals surface area contributed by atoms with Gasteiger partial charge in [-0.25, -0.2) is 0 Å².